The molecule has 1 aliphatic rings. The highest BCUT2D eigenvalue weighted by atomic mass is 16.3. The zero-order valence-electron chi connectivity index (χ0n) is 14.2. The molecule has 3 aromatic rings. The SMILES string of the molecule is O=C(NCCc1nc(-c2ccco2)n[nH]1)c1ccc(NCC2CC2)nc1. The van der Waals surface area contributed by atoms with Gasteiger partial charge in [-0.15, -0.1) is 0 Å². The molecule has 3 N–H and O–H groups in total. The molecule has 4 rings (SSSR count). The van der Waals surface area contributed by atoms with E-state index >= 15 is 0 Å². The van der Waals surface area contributed by atoms with E-state index in [0.717, 1.165) is 18.3 Å². The van der Waals surface area contributed by atoms with E-state index in [-0.39, 0.29) is 5.91 Å². The highest BCUT2D eigenvalue weighted by molar-refractivity contribution is 5.94. The number of pyridine rings is 1. The maximum Gasteiger partial charge on any atom is 0.252 e. The molecule has 0 aliphatic heterocycles. The number of nitrogens with zero attached hydrogens (tertiary/aromatic N) is 3. The van der Waals surface area contributed by atoms with Gasteiger partial charge in [0.15, 0.2) is 5.76 Å². The zero-order valence-corrected chi connectivity index (χ0v) is 14.2. The molecule has 0 saturated heterocycles. The number of anilines is 1. The van der Waals surface area contributed by atoms with E-state index in [1.54, 1.807) is 30.7 Å². The molecule has 0 aromatic carbocycles. The summed E-state index contributed by atoms with van der Waals surface area (Å²) in [4.78, 5) is 20.8. The molecular weight excluding hydrogens is 332 g/mol. The van der Waals surface area contributed by atoms with Crippen LogP contribution in [0.1, 0.15) is 29.0 Å². The number of aromatic nitrogens is 4. The maximum absolute atomic E-state index is 12.2. The first-order chi connectivity index (χ1) is 12.8. The fraction of sp³-hybridized carbons (Fsp3) is 0.333. The molecule has 0 bridgehead atoms. The minimum Gasteiger partial charge on any atom is -0.461 e. The van der Waals surface area contributed by atoms with Gasteiger partial charge >= 0.3 is 0 Å². The minimum atomic E-state index is -0.156. The van der Waals surface area contributed by atoms with Crippen LogP contribution in [0.5, 0.6) is 0 Å². The first kappa shape index (κ1) is 16.3. The second kappa shape index (κ2) is 7.38. The quantitative estimate of drug-likeness (QED) is 0.574. The van der Waals surface area contributed by atoms with E-state index in [9.17, 15) is 4.79 Å². The Hall–Kier alpha value is -3.16. The van der Waals surface area contributed by atoms with Gasteiger partial charge in [-0.25, -0.2) is 9.97 Å². The summed E-state index contributed by atoms with van der Waals surface area (Å²) >= 11 is 0. The Labute approximate surface area is 150 Å². The lowest BCUT2D eigenvalue weighted by atomic mass is 10.2. The molecule has 0 atom stereocenters. The molecule has 0 spiro atoms. The number of rotatable bonds is 8. The molecule has 134 valence electrons. The van der Waals surface area contributed by atoms with E-state index in [1.165, 1.54) is 12.8 Å². The van der Waals surface area contributed by atoms with Crippen LogP contribution < -0.4 is 10.6 Å². The summed E-state index contributed by atoms with van der Waals surface area (Å²) in [5.41, 5.74) is 0.538. The maximum atomic E-state index is 12.2. The number of aromatic amines is 1. The van der Waals surface area contributed by atoms with Crippen molar-refractivity contribution in [1.29, 1.82) is 0 Å². The van der Waals surface area contributed by atoms with Crippen LogP contribution >= 0.6 is 0 Å². The van der Waals surface area contributed by atoms with Gasteiger partial charge in [-0.05, 0) is 43.0 Å². The fourth-order valence-electron chi connectivity index (χ4n) is 2.52. The van der Waals surface area contributed by atoms with Crippen molar-refractivity contribution in [3.63, 3.8) is 0 Å². The van der Waals surface area contributed by atoms with Crippen LogP contribution in [0.3, 0.4) is 0 Å². The molecule has 8 nitrogen and oxygen atoms in total. The standard InChI is InChI=1S/C18H20N6O2/c25-18(13-5-6-15(21-11-13)20-10-12-3-4-12)19-8-7-16-22-17(24-23-16)14-2-1-9-26-14/h1-2,5-6,9,11-12H,3-4,7-8,10H2,(H,19,25)(H,20,21)(H,22,23,24). The van der Waals surface area contributed by atoms with Crippen molar-refractivity contribution >= 4 is 11.7 Å². The average Bonchev–Trinajstić information content (AvgIpc) is 3.12. The van der Waals surface area contributed by atoms with Crippen molar-refractivity contribution < 1.29 is 9.21 Å². The fourth-order valence-corrected chi connectivity index (χ4v) is 2.52. The first-order valence-corrected chi connectivity index (χ1v) is 8.71. The normalized spacial score (nSPS) is 13.5. The zero-order chi connectivity index (χ0) is 17.8. The molecule has 1 amide bonds. The summed E-state index contributed by atoms with van der Waals surface area (Å²) in [7, 11) is 0. The lowest BCUT2D eigenvalue weighted by Crippen LogP contribution is -2.26. The molecule has 3 aromatic heterocycles. The highest BCUT2D eigenvalue weighted by Crippen LogP contribution is 2.28. The minimum absolute atomic E-state index is 0.156. The Morgan fingerprint density at radius 1 is 1.31 bits per heavy atom. The van der Waals surface area contributed by atoms with Gasteiger partial charge < -0.3 is 15.1 Å². The van der Waals surface area contributed by atoms with Gasteiger partial charge in [-0.2, -0.15) is 5.10 Å². The third-order valence-electron chi connectivity index (χ3n) is 4.22. The Kier molecular flexibility index (Phi) is 4.63. The summed E-state index contributed by atoms with van der Waals surface area (Å²) in [6.45, 7) is 1.41. The Bertz CT molecular complexity index is 852. The van der Waals surface area contributed by atoms with E-state index in [4.69, 9.17) is 4.42 Å². The van der Waals surface area contributed by atoms with Crippen molar-refractivity contribution in [2.45, 2.75) is 19.3 Å². The third kappa shape index (κ3) is 4.08. The largest absolute Gasteiger partial charge is 0.461 e. The predicted octanol–water partition coefficient (Wildman–Crippen LogP) is 2.25. The number of furan rings is 1. The summed E-state index contributed by atoms with van der Waals surface area (Å²) in [5.74, 6) is 3.24. The number of amides is 1. The molecule has 1 fully saturated rings. The Balaban J connectivity index is 1.24. The van der Waals surface area contributed by atoms with Crippen molar-refractivity contribution in [2.24, 2.45) is 5.92 Å². The summed E-state index contributed by atoms with van der Waals surface area (Å²) < 4.78 is 5.25. The molecule has 0 unspecified atom stereocenters. The smallest absolute Gasteiger partial charge is 0.252 e. The van der Waals surface area contributed by atoms with Gasteiger partial charge in [0.05, 0.1) is 11.8 Å². The predicted molar refractivity (Wildman–Crippen MR) is 95.6 cm³/mol. The van der Waals surface area contributed by atoms with Crippen LogP contribution in [0.25, 0.3) is 11.6 Å². The van der Waals surface area contributed by atoms with Gasteiger partial charge in [0.25, 0.3) is 5.91 Å². The number of carbonyl (C=O) groups is 1. The van der Waals surface area contributed by atoms with E-state index < -0.39 is 0 Å². The van der Waals surface area contributed by atoms with Gasteiger partial charge in [0.1, 0.15) is 11.6 Å². The van der Waals surface area contributed by atoms with Gasteiger partial charge in [-0.1, -0.05) is 0 Å². The van der Waals surface area contributed by atoms with Gasteiger partial charge in [-0.3, -0.25) is 9.89 Å². The summed E-state index contributed by atoms with van der Waals surface area (Å²) in [6.07, 6.45) is 6.30. The number of H-pyrrole nitrogens is 1. The number of hydrogen-bond donors (Lipinski definition) is 3. The molecule has 8 heteroatoms. The molecule has 1 saturated carbocycles. The first-order valence-electron chi connectivity index (χ1n) is 8.71. The number of hydrogen-bond acceptors (Lipinski definition) is 6. The summed E-state index contributed by atoms with van der Waals surface area (Å²) in [6, 6.07) is 7.20. The molecular formula is C18H20N6O2. The van der Waals surface area contributed by atoms with Gasteiger partial charge in [0, 0.05) is 25.7 Å². The van der Waals surface area contributed by atoms with Crippen LogP contribution in [-0.2, 0) is 6.42 Å². The Morgan fingerprint density at radius 3 is 2.96 bits per heavy atom. The topological polar surface area (TPSA) is 109 Å². The molecule has 26 heavy (non-hydrogen) atoms. The Morgan fingerprint density at radius 2 is 2.23 bits per heavy atom. The van der Waals surface area contributed by atoms with Crippen LogP contribution in [0.15, 0.2) is 41.1 Å². The van der Waals surface area contributed by atoms with Crippen molar-refractivity contribution in [2.75, 3.05) is 18.4 Å². The average molecular weight is 352 g/mol. The van der Waals surface area contributed by atoms with E-state index in [2.05, 4.69) is 30.8 Å². The lowest BCUT2D eigenvalue weighted by Gasteiger charge is -2.06. The van der Waals surface area contributed by atoms with Crippen LogP contribution in [0.2, 0.25) is 0 Å². The monoisotopic (exact) mass is 352 g/mol. The highest BCUT2D eigenvalue weighted by Gasteiger charge is 2.20. The van der Waals surface area contributed by atoms with Crippen molar-refractivity contribution in [3.8, 4) is 11.6 Å². The van der Waals surface area contributed by atoms with Crippen molar-refractivity contribution in [1.82, 2.24) is 25.5 Å². The third-order valence-corrected chi connectivity index (χ3v) is 4.22. The van der Waals surface area contributed by atoms with E-state index in [1.807, 2.05) is 6.07 Å². The second-order valence-corrected chi connectivity index (χ2v) is 6.35. The molecule has 3 heterocycles. The van der Waals surface area contributed by atoms with Crippen LogP contribution in [0, 0.1) is 5.92 Å². The number of carbonyl (C=O) groups excluding carboxylic acids is 1. The van der Waals surface area contributed by atoms with Crippen LogP contribution in [-0.4, -0.2) is 39.2 Å². The molecule has 0 radical (unpaired) electrons. The summed E-state index contributed by atoms with van der Waals surface area (Å²) in [5, 5.41) is 13.1. The molecule has 1 aliphatic carbocycles. The van der Waals surface area contributed by atoms with E-state index in [0.29, 0.717) is 35.9 Å². The lowest BCUT2D eigenvalue weighted by molar-refractivity contribution is 0.0953. The van der Waals surface area contributed by atoms with Crippen LogP contribution in [0.4, 0.5) is 5.82 Å². The van der Waals surface area contributed by atoms with Gasteiger partial charge in [0.2, 0.25) is 5.82 Å². The second-order valence-electron chi connectivity index (χ2n) is 6.35. The number of nitrogens with one attached hydrogen (secondary N) is 3. The van der Waals surface area contributed by atoms with Crippen molar-refractivity contribution in [3.05, 3.63) is 48.1 Å².